The Morgan fingerprint density at radius 3 is 2.52 bits per heavy atom. The first kappa shape index (κ1) is 19.5. The van der Waals surface area contributed by atoms with Gasteiger partial charge in [-0.15, -0.1) is 11.8 Å². The van der Waals surface area contributed by atoms with E-state index in [4.69, 9.17) is 4.74 Å². The maximum Gasteiger partial charge on any atom is 0.232 e. The van der Waals surface area contributed by atoms with Gasteiger partial charge in [-0.1, -0.05) is 20.8 Å². The van der Waals surface area contributed by atoms with Crippen LogP contribution >= 0.6 is 11.8 Å². The third-order valence-corrected chi connectivity index (χ3v) is 4.76. The lowest BCUT2D eigenvalue weighted by Crippen LogP contribution is -2.12. The molecule has 1 atom stereocenters. The summed E-state index contributed by atoms with van der Waals surface area (Å²) in [6.45, 7) is 11.2. The number of thioether (sulfide) groups is 1. The molecule has 0 spiro atoms. The van der Waals surface area contributed by atoms with Crippen molar-refractivity contribution in [2.24, 2.45) is 5.92 Å². The first-order valence-corrected chi connectivity index (χ1v) is 9.72. The summed E-state index contributed by atoms with van der Waals surface area (Å²) in [6.07, 6.45) is 5.39. The van der Waals surface area contributed by atoms with Crippen LogP contribution in [0.3, 0.4) is 0 Å². The van der Waals surface area contributed by atoms with Crippen molar-refractivity contribution in [2.75, 3.05) is 17.7 Å². The third kappa shape index (κ3) is 6.90. The number of hydrogen-bond donors (Lipinski definition) is 1. The van der Waals surface area contributed by atoms with E-state index in [1.165, 1.54) is 4.90 Å². The van der Waals surface area contributed by atoms with Crippen molar-refractivity contribution in [3.8, 4) is 5.88 Å². The fourth-order valence-electron chi connectivity index (χ4n) is 2.07. The SMILES string of the molecule is CC(COc1cncc(C(C)C)n1)CSc1ccc(NC(C)C)nc1. The Labute approximate surface area is 155 Å². The molecule has 2 rings (SSSR count). The van der Waals surface area contributed by atoms with Crippen LogP contribution in [0.2, 0.25) is 0 Å². The first-order valence-electron chi connectivity index (χ1n) is 8.74. The Morgan fingerprint density at radius 2 is 1.88 bits per heavy atom. The van der Waals surface area contributed by atoms with Gasteiger partial charge in [0, 0.05) is 29.1 Å². The van der Waals surface area contributed by atoms with Gasteiger partial charge in [-0.3, -0.25) is 4.98 Å². The molecule has 5 nitrogen and oxygen atoms in total. The van der Waals surface area contributed by atoms with E-state index in [0.717, 1.165) is 17.3 Å². The Kier molecular flexibility index (Phi) is 7.50. The van der Waals surface area contributed by atoms with Crippen molar-refractivity contribution in [1.29, 1.82) is 0 Å². The standard InChI is InChI=1S/C19H28N4OS/c1-13(2)17-9-20-10-19(23-17)24-11-15(5)12-25-16-6-7-18(21-8-16)22-14(3)4/h6-10,13-15H,11-12H2,1-5H3,(H,21,22). The maximum absolute atomic E-state index is 5.80. The van der Waals surface area contributed by atoms with Gasteiger partial charge in [-0.2, -0.15) is 0 Å². The minimum absolute atomic E-state index is 0.352. The van der Waals surface area contributed by atoms with Gasteiger partial charge in [0.25, 0.3) is 0 Å². The van der Waals surface area contributed by atoms with E-state index in [0.29, 0.717) is 30.4 Å². The van der Waals surface area contributed by atoms with Gasteiger partial charge >= 0.3 is 0 Å². The number of rotatable bonds is 9. The molecule has 0 fully saturated rings. The van der Waals surface area contributed by atoms with Crippen molar-refractivity contribution in [2.45, 2.75) is 51.5 Å². The molecule has 0 amide bonds. The van der Waals surface area contributed by atoms with Crippen molar-refractivity contribution in [3.05, 3.63) is 36.4 Å². The van der Waals surface area contributed by atoms with Crippen LogP contribution < -0.4 is 10.1 Å². The molecular formula is C19H28N4OS. The summed E-state index contributed by atoms with van der Waals surface area (Å²) >= 11 is 1.79. The van der Waals surface area contributed by atoms with Crippen LogP contribution in [0.4, 0.5) is 5.82 Å². The number of aromatic nitrogens is 3. The molecule has 0 bridgehead atoms. The Morgan fingerprint density at radius 1 is 1.08 bits per heavy atom. The maximum atomic E-state index is 5.80. The normalized spacial score (nSPS) is 12.4. The molecule has 1 unspecified atom stereocenters. The molecule has 0 aromatic carbocycles. The van der Waals surface area contributed by atoms with Crippen molar-refractivity contribution in [1.82, 2.24) is 15.0 Å². The van der Waals surface area contributed by atoms with E-state index in [1.807, 2.05) is 12.3 Å². The minimum atomic E-state index is 0.352. The van der Waals surface area contributed by atoms with Gasteiger partial charge in [-0.25, -0.2) is 9.97 Å². The average molecular weight is 361 g/mol. The molecule has 0 aliphatic heterocycles. The fourth-order valence-corrected chi connectivity index (χ4v) is 2.94. The summed E-state index contributed by atoms with van der Waals surface area (Å²) in [7, 11) is 0. The Hall–Kier alpha value is -1.82. The topological polar surface area (TPSA) is 59.9 Å². The van der Waals surface area contributed by atoms with Gasteiger partial charge in [0.1, 0.15) is 5.82 Å². The monoisotopic (exact) mass is 360 g/mol. The second-order valence-electron chi connectivity index (χ2n) is 6.84. The second-order valence-corrected chi connectivity index (χ2v) is 7.94. The summed E-state index contributed by atoms with van der Waals surface area (Å²) in [5.74, 6) is 3.25. The van der Waals surface area contributed by atoms with Crippen LogP contribution in [-0.4, -0.2) is 33.4 Å². The summed E-state index contributed by atoms with van der Waals surface area (Å²) in [4.78, 5) is 14.3. The van der Waals surface area contributed by atoms with Gasteiger partial charge < -0.3 is 10.1 Å². The van der Waals surface area contributed by atoms with E-state index in [1.54, 1.807) is 24.2 Å². The van der Waals surface area contributed by atoms with Crippen molar-refractivity contribution >= 4 is 17.6 Å². The number of nitrogens with one attached hydrogen (secondary N) is 1. The lowest BCUT2D eigenvalue weighted by atomic mass is 10.1. The van der Waals surface area contributed by atoms with E-state index in [-0.39, 0.29) is 0 Å². The average Bonchev–Trinajstić information content (AvgIpc) is 2.59. The lowest BCUT2D eigenvalue weighted by Gasteiger charge is -2.13. The van der Waals surface area contributed by atoms with Crippen LogP contribution in [0.5, 0.6) is 5.88 Å². The molecule has 25 heavy (non-hydrogen) atoms. The molecule has 0 aliphatic carbocycles. The number of ether oxygens (including phenoxy) is 1. The molecule has 6 heteroatoms. The zero-order valence-electron chi connectivity index (χ0n) is 15.7. The molecule has 2 aromatic rings. The highest BCUT2D eigenvalue weighted by molar-refractivity contribution is 7.99. The molecule has 0 aliphatic rings. The molecule has 2 aromatic heterocycles. The predicted molar refractivity (Wildman–Crippen MR) is 104 cm³/mol. The highest BCUT2D eigenvalue weighted by Gasteiger charge is 2.08. The fraction of sp³-hybridized carbons (Fsp3) is 0.526. The quantitative estimate of drug-likeness (QED) is 0.658. The molecule has 1 N–H and O–H groups in total. The third-order valence-electron chi connectivity index (χ3n) is 3.45. The van der Waals surface area contributed by atoms with E-state index in [9.17, 15) is 0 Å². The lowest BCUT2D eigenvalue weighted by molar-refractivity contribution is 0.261. The second kappa shape index (κ2) is 9.61. The number of hydrogen-bond acceptors (Lipinski definition) is 6. The van der Waals surface area contributed by atoms with Crippen LogP contribution in [0, 0.1) is 5.92 Å². The Balaban J connectivity index is 1.77. The highest BCUT2D eigenvalue weighted by Crippen LogP contribution is 2.22. The molecule has 0 radical (unpaired) electrons. The molecular weight excluding hydrogens is 332 g/mol. The zero-order valence-corrected chi connectivity index (χ0v) is 16.5. The molecule has 2 heterocycles. The molecule has 0 saturated heterocycles. The molecule has 0 saturated carbocycles. The van der Waals surface area contributed by atoms with Crippen molar-refractivity contribution in [3.63, 3.8) is 0 Å². The van der Waals surface area contributed by atoms with E-state index >= 15 is 0 Å². The van der Waals surface area contributed by atoms with Crippen LogP contribution in [0.25, 0.3) is 0 Å². The minimum Gasteiger partial charge on any atom is -0.476 e. The highest BCUT2D eigenvalue weighted by atomic mass is 32.2. The zero-order chi connectivity index (χ0) is 18.2. The summed E-state index contributed by atoms with van der Waals surface area (Å²) in [5, 5.41) is 3.29. The van der Waals surface area contributed by atoms with Crippen molar-refractivity contribution < 1.29 is 4.74 Å². The van der Waals surface area contributed by atoms with Crippen LogP contribution in [0.1, 0.15) is 46.2 Å². The van der Waals surface area contributed by atoms with Gasteiger partial charge in [0.2, 0.25) is 5.88 Å². The van der Waals surface area contributed by atoms with Crippen LogP contribution in [-0.2, 0) is 0 Å². The first-order chi connectivity index (χ1) is 11.9. The Bertz CT molecular complexity index is 646. The van der Waals surface area contributed by atoms with Gasteiger partial charge in [0.15, 0.2) is 0 Å². The number of pyridine rings is 1. The van der Waals surface area contributed by atoms with Gasteiger partial charge in [0.05, 0.1) is 18.5 Å². The summed E-state index contributed by atoms with van der Waals surface area (Å²) < 4.78 is 5.80. The predicted octanol–water partition coefficient (Wildman–Crippen LogP) is 4.62. The molecule has 136 valence electrons. The van der Waals surface area contributed by atoms with Gasteiger partial charge in [-0.05, 0) is 37.8 Å². The largest absolute Gasteiger partial charge is 0.476 e. The van der Waals surface area contributed by atoms with Crippen LogP contribution in [0.15, 0.2) is 35.6 Å². The van der Waals surface area contributed by atoms with E-state index in [2.05, 4.69) is 61.0 Å². The summed E-state index contributed by atoms with van der Waals surface area (Å²) in [5.41, 5.74) is 0.959. The number of nitrogens with zero attached hydrogens (tertiary/aromatic N) is 3. The smallest absolute Gasteiger partial charge is 0.232 e. The summed E-state index contributed by atoms with van der Waals surface area (Å²) in [6, 6.07) is 4.52. The number of anilines is 1. The van der Waals surface area contributed by atoms with E-state index < -0.39 is 0 Å².